The number of nitrogens with zero attached hydrogens (tertiary/aromatic N) is 6. The lowest BCUT2D eigenvalue weighted by molar-refractivity contribution is -0.391. The number of carbonyl (C=O) groups is 1. The maximum absolute atomic E-state index is 11.6. The summed E-state index contributed by atoms with van der Waals surface area (Å²) >= 11 is 5.82. The standard InChI is InChI=1S/C15H17ClN6O4/c16-11-4-6-12(7-5-11)20-18-15(22(25)26)14(21(20)24)17-8-2-10-19-9-1-3-13(19)23/h4-7,24H,1-3,8-10H2. The van der Waals surface area contributed by atoms with Gasteiger partial charge in [0.1, 0.15) is 5.69 Å². The summed E-state index contributed by atoms with van der Waals surface area (Å²) in [5.41, 5.74) is 0.141. The van der Waals surface area contributed by atoms with E-state index >= 15 is 0 Å². The van der Waals surface area contributed by atoms with Gasteiger partial charge in [-0.1, -0.05) is 16.4 Å². The number of hydrogen-bond donors (Lipinski definition) is 1. The molecule has 3 rings (SSSR count). The van der Waals surface area contributed by atoms with Crippen LogP contribution in [0.15, 0.2) is 29.3 Å². The van der Waals surface area contributed by atoms with Crippen molar-refractivity contribution >= 4 is 23.3 Å². The fourth-order valence-corrected chi connectivity index (χ4v) is 2.86. The quantitative estimate of drug-likeness (QED) is 0.351. The van der Waals surface area contributed by atoms with E-state index in [1.165, 1.54) is 0 Å². The summed E-state index contributed by atoms with van der Waals surface area (Å²) < 4.78 is 0. The Kier molecular flexibility index (Phi) is 5.21. The minimum atomic E-state index is -0.706. The predicted molar refractivity (Wildman–Crippen MR) is 91.3 cm³/mol. The van der Waals surface area contributed by atoms with Gasteiger partial charge in [0.2, 0.25) is 5.91 Å². The second kappa shape index (κ2) is 7.56. The second-order valence-corrected chi connectivity index (χ2v) is 6.22. The predicted octanol–water partition coefficient (Wildman–Crippen LogP) is 1.39. The highest BCUT2D eigenvalue weighted by Gasteiger charge is 2.24. The summed E-state index contributed by atoms with van der Waals surface area (Å²) in [5.74, 6) is -0.441. The average molecular weight is 381 g/mol. The molecular formula is C15H17ClN6O4. The molecule has 1 aliphatic rings. The Hall–Kier alpha value is -2.88. The molecule has 11 heteroatoms. The zero-order chi connectivity index (χ0) is 18.7. The number of benzene rings is 1. The molecule has 1 aliphatic heterocycles. The highest BCUT2D eigenvalue weighted by Crippen LogP contribution is 2.13. The van der Waals surface area contributed by atoms with Gasteiger partial charge in [-0.2, -0.15) is 0 Å². The summed E-state index contributed by atoms with van der Waals surface area (Å²) in [7, 11) is 0. The number of amides is 1. The molecule has 0 bridgehead atoms. The summed E-state index contributed by atoms with van der Waals surface area (Å²) in [6.45, 7) is 1.48. The van der Waals surface area contributed by atoms with Crippen molar-refractivity contribution in [1.82, 2.24) is 19.6 Å². The van der Waals surface area contributed by atoms with Crippen LogP contribution in [-0.2, 0) is 4.79 Å². The van der Waals surface area contributed by atoms with E-state index in [9.17, 15) is 20.1 Å². The molecule has 0 spiro atoms. The van der Waals surface area contributed by atoms with Crippen molar-refractivity contribution in [2.75, 3.05) is 19.6 Å². The number of nitro groups is 1. The van der Waals surface area contributed by atoms with Crippen LogP contribution < -0.4 is 5.49 Å². The lowest BCUT2D eigenvalue weighted by Gasteiger charge is -2.13. The van der Waals surface area contributed by atoms with Gasteiger partial charge in [0, 0.05) is 31.1 Å². The monoisotopic (exact) mass is 380 g/mol. The first-order valence-corrected chi connectivity index (χ1v) is 8.45. The molecule has 1 amide bonds. The Labute approximate surface area is 153 Å². The fourth-order valence-electron chi connectivity index (χ4n) is 2.74. The van der Waals surface area contributed by atoms with E-state index in [1.807, 2.05) is 0 Å². The normalized spacial score (nSPS) is 15.0. The maximum atomic E-state index is 11.6. The Balaban J connectivity index is 1.82. The molecule has 138 valence electrons. The van der Waals surface area contributed by atoms with Gasteiger partial charge in [0.15, 0.2) is 0 Å². The first kappa shape index (κ1) is 17.9. The van der Waals surface area contributed by atoms with Gasteiger partial charge in [0.05, 0.1) is 5.10 Å². The number of rotatable bonds is 6. The van der Waals surface area contributed by atoms with E-state index in [4.69, 9.17) is 11.6 Å². The molecule has 26 heavy (non-hydrogen) atoms. The Bertz CT molecular complexity index is 889. The van der Waals surface area contributed by atoms with E-state index < -0.39 is 10.7 Å². The van der Waals surface area contributed by atoms with Crippen molar-refractivity contribution in [2.24, 2.45) is 4.99 Å². The number of carbonyl (C=O) groups excluding carboxylic acids is 1. The van der Waals surface area contributed by atoms with Crippen LogP contribution in [-0.4, -0.2) is 55.3 Å². The van der Waals surface area contributed by atoms with Gasteiger partial charge in [-0.05, 0) is 46.8 Å². The van der Waals surface area contributed by atoms with Gasteiger partial charge >= 0.3 is 5.82 Å². The first-order chi connectivity index (χ1) is 12.5. The third-order valence-electron chi connectivity index (χ3n) is 4.01. The van der Waals surface area contributed by atoms with Crippen molar-refractivity contribution in [3.05, 3.63) is 44.9 Å². The molecular weight excluding hydrogens is 364 g/mol. The first-order valence-electron chi connectivity index (χ1n) is 8.07. The SMILES string of the molecule is O=C1CCCN1CCCN=c1c([N+](=O)[O-])nn(-c2ccc(Cl)cc2)n1O. The molecule has 0 aliphatic carbocycles. The van der Waals surface area contributed by atoms with Gasteiger partial charge in [0.25, 0.3) is 5.49 Å². The van der Waals surface area contributed by atoms with E-state index in [0.717, 1.165) is 17.8 Å². The molecule has 10 nitrogen and oxygen atoms in total. The minimum Gasteiger partial charge on any atom is -0.409 e. The summed E-state index contributed by atoms with van der Waals surface area (Å²) in [5, 5.41) is 25.8. The lowest BCUT2D eigenvalue weighted by atomic mass is 10.3. The number of hydrogen-bond acceptors (Lipinski definition) is 6. The van der Waals surface area contributed by atoms with Gasteiger partial charge < -0.3 is 20.2 Å². The average Bonchev–Trinajstić information content (AvgIpc) is 3.16. The maximum Gasteiger partial charge on any atom is 0.438 e. The third kappa shape index (κ3) is 3.69. The Morgan fingerprint density at radius 2 is 2.08 bits per heavy atom. The highest BCUT2D eigenvalue weighted by molar-refractivity contribution is 6.30. The van der Waals surface area contributed by atoms with Crippen LogP contribution in [0.1, 0.15) is 19.3 Å². The van der Waals surface area contributed by atoms with Crippen LogP contribution in [0.25, 0.3) is 5.69 Å². The van der Waals surface area contributed by atoms with Gasteiger partial charge in [-0.3, -0.25) is 9.79 Å². The molecule has 2 heterocycles. The van der Waals surface area contributed by atoms with Crippen LogP contribution in [0.3, 0.4) is 0 Å². The zero-order valence-electron chi connectivity index (χ0n) is 13.8. The van der Waals surface area contributed by atoms with Gasteiger partial charge in [-0.25, -0.2) is 0 Å². The molecule has 1 fully saturated rings. The zero-order valence-corrected chi connectivity index (χ0v) is 14.5. The molecule has 0 radical (unpaired) electrons. The Morgan fingerprint density at radius 1 is 1.35 bits per heavy atom. The van der Waals surface area contributed by atoms with Crippen LogP contribution in [0.4, 0.5) is 5.82 Å². The fraction of sp³-hybridized carbons (Fsp3) is 0.400. The van der Waals surface area contributed by atoms with Crippen molar-refractivity contribution in [1.29, 1.82) is 0 Å². The summed E-state index contributed by atoms with van der Waals surface area (Å²) in [6, 6.07) is 6.28. The lowest BCUT2D eigenvalue weighted by Crippen LogP contribution is -2.27. The summed E-state index contributed by atoms with van der Waals surface area (Å²) in [6.07, 6.45) is 1.95. The van der Waals surface area contributed by atoms with Crippen molar-refractivity contribution in [2.45, 2.75) is 19.3 Å². The van der Waals surface area contributed by atoms with E-state index in [-0.39, 0.29) is 17.9 Å². The molecule has 2 aromatic rings. The van der Waals surface area contributed by atoms with Crippen molar-refractivity contribution < 1.29 is 14.9 Å². The van der Waals surface area contributed by atoms with Crippen molar-refractivity contribution in [3.63, 3.8) is 0 Å². The third-order valence-corrected chi connectivity index (χ3v) is 4.26. The van der Waals surface area contributed by atoms with E-state index in [0.29, 0.717) is 34.9 Å². The van der Waals surface area contributed by atoms with Crippen molar-refractivity contribution in [3.8, 4) is 5.69 Å². The van der Waals surface area contributed by atoms with Crippen LogP contribution in [0, 0.1) is 10.1 Å². The molecule has 0 atom stereocenters. The van der Waals surface area contributed by atoms with Crippen LogP contribution >= 0.6 is 11.6 Å². The highest BCUT2D eigenvalue weighted by atomic mass is 35.5. The second-order valence-electron chi connectivity index (χ2n) is 5.78. The molecule has 0 saturated carbocycles. The van der Waals surface area contributed by atoms with E-state index in [2.05, 4.69) is 10.1 Å². The number of aromatic nitrogens is 3. The van der Waals surface area contributed by atoms with E-state index in [1.54, 1.807) is 29.2 Å². The minimum absolute atomic E-state index is 0.115. The molecule has 1 aromatic carbocycles. The smallest absolute Gasteiger partial charge is 0.409 e. The molecule has 1 saturated heterocycles. The topological polar surface area (TPSA) is 119 Å². The summed E-state index contributed by atoms with van der Waals surface area (Å²) in [4.78, 5) is 29.4. The van der Waals surface area contributed by atoms with Crippen LogP contribution in [0.5, 0.6) is 0 Å². The molecule has 0 unspecified atom stereocenters. The number of halogens is 1. The number of likely N-dealkylation sites (tertiary alicyclic amines) is 1. The van der Waals surface area contributed by atoms with Crippen LogP contribution in [0.2, 0.25) is 5.02 Å². The largest absolute Gasteiger partial charge is 0.438 e. The molecule has 1 aromatic heterocycles. The van der Waals surface area contributed by atoms with Gasteiger partial charge in [-0.15, -0.1) is 0 Å². The molecule has 1 N–H and O–H groups in total. The Morgan fingerprint density at radius 3 is 2.69 bits per heavy atom.